The average Bonchev–Trinajstić information content (AvgIpc) is 2.39. The van der Waals surface area contributed by atoms with Crippen LogP contribution in [0.1, 0.15) is 40.0 Å². The van der Waals surface area contributed by atoms with Gasteiger partial charge in [-0.3, -0.25) is 0 Å². The first-order valence-corrected chi connectivity index (χ1v) is 5.85. The fraction of sp³-hybridized carbons (Fsp3) is 0.833. The van der Waals surface area contributed by atoms with Gasteiger partial charge in [-0.15, -0.1) is 0 Å². The minimum atomic E-state index is -0.451. The number of hydrogen-bond acceptors (Lipinski definition) is 3. The number of rotatable bonds is 1. The molecule has 1 fully saturated rings. The summed E-state index contributed by atoms with van der Waals surface area (Å²) >= 11 is 0. The molecule has 1 amide bonds. The van der Waals surface area contributed by atoms with Crippen LogP contribution in [0.3, 0.4) is 0 Å². The number of likely N-dealkylation sites (tertiary alicyclic amines) is 1. The van der Waals surface area contributed by atoms with Crippen molar-refractivity contribution in [2.45, 2.75) is 45.6 Å². The molecule has 0 saturated carbocycles. The van der Waals surface area contributed by atoms with Crippen LogP contribution >= 0.6 is 0 Å². The van der Waals surface area contributed by atoms with Gasteiger partial charge in [-0.25, -0.2) is 4.79 Å². The molecule has 16 heavy (non-hydrogen) atoms. The largest absolute Gasteiger partial charge is 0.444 e. The smallest absolute Gasteiger partial charge is 0.410 e. The van der Waals surface area contributed by atoms with Gasteiger partial charge in [0.1, 0.15) is 11.9 Å². The average molecular weight is 227 g/mol. The van der Waals surface area contributed by atoms with Gasteiger partial charge in [-0.05, 0) is 40.0 Å². The Balaban J connectivity index is 2.48. The maximum atomic E-state index is 11.8. The van der Waals surface area contributed by atoms with Gasteiger partial charge >= 0.3 is 6.09 Å². The van der Waals surface area contributed by atoms with Crippen LogP contribution in [0.2, 0.25) is 0 Å². The second kappa shape index (κ2) is 5.32. The van der Waals surface area contributed by atoms with Crippen molar-refractivity contribution in [3.63, 3.8) is 0 Å². The van der Waals surface area contributed by atoms with Gasteiger partial charge < -0.3 is 14.4 Å². The number of carbonyl (C=O) groups excluding carboxylic acids is 2. The van der Waals surface area contributed by atoms with E-state index in [0.717, 1.165) is 25.5 Å². The standard InChI is InChI=1S/C12H21NO3/c1-12(2,3)16-11(15)13-7-4-5-10(9-14)6-8-13/h9-10H,4-8H2,1-3H3. The molecule has 92 valence electrons. The third-order valence-corrected chi connectivity index (χ3v) is 2.62. The molecular weight excluding hydrogens is 206 g/mol. The molecule has 0 aromatic heterocycles. The SMILES string of the molecule is CC(C)(C)OC(=O)N1CCCC(C=O)CC1. The number of nitrogens with zero attached hydrogens (tertiary/aromatic N) is 1. The number of aldehydes is 1. The number of ether oxygens (including phenoxy) is 1. The maximum absolute atomic E-state index is 11.8. The molecule has 0 bridgehead atoms. The summed E-state index contributed by atoms with van der Waals surface area (Å²) in [5.74, 6) is 0.104. The third kappa shape index (κ3) is 4.21. The predicted molar refractivity (Wildman–Crippen MR) is 61.2 cm³/mol. The molecule has 1 saturated heterocycles. The topological polar surface area (TPSA) is 46.6 Å². The molecule has 1 aliphatic rings. The fourth-order valence-corrected chi connectivity index (χ4v) is 1.77. The summed E-state index contributed by atoms with van der Waals surface area (Å²) in [6.45, 7) is 6.89. The van der Waals surface area contributed by atoms with Crippen molar-refractivity contribution in [1.82, 2.24) is 4.90 Å². The van der Waals surface area contributed by atoms with Crippen LogP contribution in [-0.2, 0) is 9.53 Å². The molecule has 1 heterocycles. The Morgan fingerprint density at radius 2 is 2.00 bits per heavy atom. The van der Waals surface area contributed by atoms with Crippen LogP contribution in [0.4, 0.5) is 4.79 Å². The van der Waals surface area contributed by atoms with E-state index in [2.05, 4.69) is 0 Å². The molecule has 0 aromatic rings. The summed E-state index contributed by atoms with van der Waals surface area (Å²) in [5, 5.41) is 0. The van der Waals surface area contributed by atoms with Gasteiger partial charge in [0.2, 0.25) is 0 Å². The van der Waals surface area contributed by atoms with Crippen molar-refractivity contribution in [1.29, 1.82) is 0 Å². The van der Waals surface area contributed by atoms with Crippen LogP contribution in [0, 0.1) is 5.92 Å². The van der Waals surface area contributed by atoms with Gasteiger partial charge in [0.25, 0.3) is 0 Å². The Labute approximate surface area is 96.9 Å². The van der Waals surface area contributed by atoms with E-state index >= 15 is 0 Å². The third-order valence-electron chi connectivity index (χ3n) is 2.62. The van der Waals surface area contributed by atoms with Crippen LogP contribution < -0.4 is 0 Å². The summed E-state index contributed by atoms with van der Waals surface area (Å²) in [6.07, 6.45) is 3.24. The minimum absolute atomic E-state index is 0.104. The van der Waals surface area contributed by atoms with Gasteiger partial charge in [-0.2, -0.15) is 0 Å². The van der Waals surface area contributed by atoms with Crippen LogP contribution in [0.15, 0.2) is 0 Å². The molecule has 1 aliphatic heterocycles. The Kier molecular flexibility index (Phi) is 4.33. The summed E-state index contributed by atoms with van der Waals surface area (Å²) in [5.41, 5.74) is -0.451. The molecule has 0 spiro atoms. The lowest BCUT2D eigenvalue weighted by Gasteiger charge is -2.26. The Bertz CT molecular complexity index is 257. The molecule has 1 unspecified atom stereocenters. The maximum Gasteiger partial charge on any atom is 0.410 e. The molecule has 0 aromatic carbocycles. The second-order valence-electron chi connectivity index (χ2n) is 5.29. The molecule has 4 heteroatoms. The monoisotopic (exact) mass is 227 g/mol. The molecule has 1 atom stereocenters. The Hall–Kier alpha value is -1.06. The lowest BCUT2D eigenvalue weighted by Crippen LogP contribution is -2.37. The molecule has 0 aliphatic carbocycles. The highest BCUT2D eigenvalue weighted by Crippen LogP contribution is 2.17. The van der Waals surface area contributed by atoms with E-state index in [0.29, 0.717) is 13.1 Å². The van der Waals surface area contributed by atoms with E-state index < -0.39 is 5.60 Å². The van der Waals surface area contributed by atoms with Crippen LogP contribution in [0.25, 0.3) is 0 Å². The van der Waals surface area contributed by atoms with Gasteiger partial charge in [0.15, 0.2) is 0 Å². The summed E-state index contributed by atoms with van der Waals surface area (Å²) in [6, 6.07) is 0. The van der Waals surface area contributed by atoms with E-state index in [9.17, 15) is 9.59 Å². The highest BCUT2D eigenvalue weighted by Gasteiger charge is 2.24. The quantitative estimate of drug-likeness (QED) is 0.645. The number of amides is 1. The fourth-order valence-electron chi connectivity index (χ4n) is 1.77. The first-order valence-electron chi connectivity index (χ1n) is 5.85. The zero-order valence-electron chi connectivity index (χ0n) is 10.4. The molecule has 0 radical (unpaired) electrons. The van der Waals surface area contributed by atoms with Crippen molar-refractivity contribution < 1.29 is 14.3 Å². The van der Waals surface area contributed by atoms with E-state index in [4.69, 9.17) is 4.74 Å². The van der Waals surface area contributed by atoms with Crippen molar-refractivity contribution in [3.05, 3.63) is 0 Å². The second-order valence-corrected chi connectivity index (χ2v) is 5.29. The highest BCUT2D eigenvalue weighted by molar-refractivity contribution is 5.68. The summed E-state index contributed by atoms with van der Waals surface area (Å²) < 4.78 is 5.30. The lowest BCUT2D eigenvalue weighted by atomic mass is 10.0. The van der Waals surface area contributed by atoms with E-state index in [1.165, 1.54) is 0 Å². The van der Waals surface area contributed by atoms with Gasteiger partial charge in [0.05, 0.1) is 0 Å². The van der Waals surface area contributed by atoms with Gasteiger partial charge in [-0.1, -0.05) is 0 Å². The van der Waals surface area contributed by atoms with Crippen molar-refractivity contribution in [2.75, 3.05) is 13.1 Å². The first-order chi connectivity index (χ1) is 7.42. The number of hydrogen-bond donors (Lipinski definition) is 0. The Morgan fingerprint density at radius 1 is 1.31 bits per heavy atom. The van der Waals surface area contributed by atoms with E-state index in [1.54, 1.807) is 4.90 Å². The lowest BCUT2D eigenvalue weighted by molar-refractivity contribution is -0.111. The molecule has 1 rings (SSSR count). The molecule has 0 N–H and O–H groups in total. The van der Waals surface area contributed by atoms with E-state index in [-0.39, 0.29) is 12.0 Å². The molecular formula is C12H21NO3. The van der Waals surface area contributed by atoms with Crippen LogP contribution in [-0.4, -0.2) is 36.0 Å². The van der Waals surface area contributed by atoms with E-state index in [1.807, 2.05) is 20.8 Å². The number of carbonyl (C=O) groups is 2. The zero-order valence-corrected chi connectivity index (χ0v) is 10.4. The van der Waals surface area contributed by atoms with Gasteiger partial charge in [0, 0.05) is 19.0 Å². The highest BCUT2D eigenvalue weighted by atomic mass is 16.6. The summed E-state index contributed by atoms with van der Waals surface area (Å²) in [7, 11) is 0. The first kappa shape index (κ1) is 13.0. The minimum Gasteiger partial charge on any atom is -0.444 e. The zero-order chi connectivity index (χ0) is 12.2. The van der Waals surface area contributed by atoms with Crippen molar-refractivity contribution >= 4 is 12.4 Å². The predicted octanol–water partition coefficient (Wildman–Crippen LogP) is 2.22. The molecule has 4 nitrogen and oxygen atoms in total. The summed E-state index contributed by atoms with van der Waals surface area (Å²) in [4.78, 5) is 24.2. The Morgan fingerprint density at radius 3 is 2.56 bits per heavy atom. The van der Waals surface area contributed by atoms with Crippen molar-refractivity contribution in [3.8, 4) is 0 Å². The normalized spacial score (nSPS) is 22.4. The van der Waals surface area contributed by atoms with Crippen LogP contribution in [0.5, 0.6) is 0 Å². The van der Waals surface area contributed by atoms with Crippen molar-refractivity contribution in [2.24, 2.45) is 5.92 Å².